The molecule has 0 saturated carbocycles. The zero-order chi connectivity index (χ0) is 24.2. The van der Waals surface area contributed by atoms with Crippen LogP contribution < -0.4 is 20.7 Å². The molecule has 10 nitrogen and oxygen atoms in total. The van der Waals surface area contributed by atoms with E-state index >= 15 is 0 Å². The number of aromatic amines is 1. The standard InChI is InChI=1S/C25H31N7O3/c33-21(34)14-17-6-5-13-32(16-17)19-9-7-18(8-10-19)27-23-22-20(15-26-30-24(22)35)28-25(29-23)31-11-3-1-2-4-12-31/h7-10,15,17H,1-6,11-14,16H2,(H,30,35)(H,33,34)(H,27,28,29). The number of carbonyl (C=O) groups is 1. The molecule has 0 radical (unpaired) electrons. The summed E-state index contributed by atoms with van der Waals surface area (Å²) in [7, 11) is 0. The normalized spacial score (nSPS) is 18.9. The minimum atomic E-state index is -0.738. The average Bonchev–Trinajstić information content (AvgIpc) is 3.14. The summed E-state index contributed by atoms with van der Waals surface area (Å²) in [5, 5.41) is 19.3. The van der Waals surface area contributed by atoms with Crippen LogP contribution in [0.1, 0.15) is 44.9 Å². The van der Waals surface area contributed by atoms with Gasteiger partial charge in [-0.15, -0.1) is 0 Å². The van der Waals surface area contributed by atoms with Crippen LogP contribution in [0, 0.1) is 5.92 Å². The summed E-state index contributed by atoms with van der Waals surface area (Å²) in [4.78, 5) is 37.6. The molecule has 0 bridgehead atoms. The number of nitrogens with zero attached hydrogens (tertiary/aromatic N) is 5. The fourth-order valence-corrected chi connectivity index (χ4v) is 5.10. The van der Waals surface area contributed by atoms with E-state index in [1.807, 2.05) is 24.3 Å². The predicted molar refractivity (Wildman–Crippen MR) is 136 cm³/mol. The number of nitrogens with one attached hydrogen (secondary N) is 2. The highest BCUT2D eigenvalue weighted by atomic mass is 16.4. The molecule has 3 N–H and O–H groups in total. The molecule has 0 amide bonds. The molecule has 10 heteroatoms. The van der Waals surface area contributed by atoms with Crippen molar-refractivity contribution in [3.05, 3.63) is 40.8 Å². The average molecular weight is 478 g/mol. The second-order valence-electron chi connectivity index (χ2n) is 9.46. The van der Waals surface area contributed by atoms with Gasteiger partial charge in [-0.05, 0) is 55.9 Å². The third-order valence-electron chi connectivity index (χ3n) is 6.87. The zero-order valence-corrected chi connectivity index (χ0v) is 19.7. The van der Waals surface area contributed by atoms with Gasteiger partial charge in [0.2, 0.25) is 5.95 Å². The van der Waals surface area contributed by atoms with Crippen molar-refractivity contribution < 1.29 is 9.90 Å². The number of fused-ring (bicyclic) bond motifs is 1. The fraction of sp³-hybridized carbons (Fsp3) is 0.480. The Bertz CT molecular complexity index is 1240. The van der Waals surface area contributed by atoms with Gasteiger partial charge < -0.3 is 20.2 Å². The molecule has 2 saturated heterocycles. The van der Waals surface area contributed by atoms with Crippen molar-refractivity contribution in [2.75, 3.05) is 41.3 Å². The summed E-state index contributed by atoms with van der Waals surface area (Å²) >= 11 is 0. The fourth-order valence-electron chi connectivity index (χ4n) is 5.10. The molecule has 2 aromatic heterocycles. The van der Waals surface area contributed by atoms with Crippen LogP contribution in [0.2, 0.25) is 0 Å². The number of rotatable bonds is 6. The first kappa shape index (κ1) is 23.1. The summed E-state index contributed by atoms with van der Waals surface area (Å²) in [6.07, 6.45) is 8.32. The number of aliphatic carboxylic acids is 1. The molecular weight excluding hydrogens is 446 g/mol. The lowest BCUT2D eigenvalue weighted by molar-refractivity contribution is -0.138. The van der Waals surface area contributed by atoms with Crippen LogP contribution >= 0.6 is 0 Å². The van der Waals surface area contributed by atoms with E-state index in [-0.39, 0.29) is 17.9 Å². The summed E-state index contributed by atoms with van der Waals surface area (Å²) in [5.41, 5.74) is 2.05. The Hall–Kier alpha value is -3.69. The number of anilines is 4. The first-order valence-corrected chi connectivity index (χ1v) is 12.4. The van der Waals surface area contributed by atoms with E-state index in [1.54, 1.807) is 6.20 Å². The summed E-state index contributed by atoms with van der Waals surface area (Å²) in [6, 6.07) is 7.98. The molecule has 3 aromatic rings. The molecule has 4 heterocycles. The molecule has 2 aliphatic rings. The van der Waals surface area contributed by atoms with Gasteiger partial charge in [-0.2, -0.15) is 10.1 Å². The van der Waals surface area contributed by atoms with Gasteiger partial charge >= 0.3 is 5.97 Å². The Labute approximate surface area is 203 Å². The number of hydrogen-bond acceptors (Lipinski definition) is 8. The molecule has 2 aliphatic heterocycles. The van der Waals surface area contributed by atoms with Gasteiger partial charge in [-0.1, -0.05) is 12.8 Å². The summed E-state index contributed by atoms with van der Waals surface area (Å²) < 4.78 is 0. The lowest BCUT2D eigenvalue weighted by atomic mass is 9.94. The number of piperidine rings is 1. The molecule has 1 unspecified atom stereocenters. The SMILES string of the molecule is O=C(O)CC1CCCN(c2ccc(Nc3nc(N4CCCCCC4)nc4cn[nH]c(=O)c34)cc2)C1. The molecule has 0 spiro atoms. The van der Waals surface area contributed by atoms with E-state index in [0.29, 0.717) is 22.7 Å². The quantitative estimate of drug-likeness (QED) is 0.488. The predicted octanol–water partition coefficient (Wildman–Crippen LogP) is 3.53. The molecule has 0 aliphatic carbocycles. The lowest BCUT2D eigenvalue weighted by Crippen LogP contribution is -2.36. The third-order valence-corrected chi connectivity index (χ3v) is 6.87. The van der Waals surface area contributed by atoms with Gasteiger partial charge in [0.15, 0.2) is 0 Å². The highest BCUT2D eigenvalue weighted by Crippen LogP contribution is 2.29. The van der Waals surface area contributed by atoms with Gasteiger partial charge in [-0.25, -0.2) is 10.1 Å². The second-order valence-corrected chi connectivity index (χ2v) is 9.46. The lowest BCUT2D eigenvalue weighted by Gasteiger charge is -2.34. The van der Waals surface area contributed by atoms with Gasteiger partial charge in [-0.3, -0.25) is 9.59 Å². The monoisotopic (exact) mass is 477 g/mol. The Morgan fingerprint density at radius 3 is 2.51 bits per heavy atom. The van der Waals surface area contributed by atoms with Crippen LogP contribution in [-0.2, 0) is 4.79 Å². The van der Waals surface area contributed by atoms with Crippen molar-refractivity contribution >= 4 is 40.0 Å². The number of carboxylic acids is 1. The van der Waals surface area contributed by atoms with Crippen molar-refractivity contribution in [2.45, 2.75) is 44.9 Å². The van der Waals surface area contributed by atoms with Crippen LogP contribution in [-0.4, -0.2) is 57.4 Å². The maximum atomic E-state index is 12.6. The third kappa shape index (κ3) is 5.36. The number of carboxylic acid groups (broad SMARTS) is 1. The highest BCUT2D eigenvalue weighted by Gasteiger charge is 2.22. The van der Waals surface area contributed by atoms with Gasteiger partial charge in [0.05, 0.1) is 6.20 Å². The summed E-state index contributed by atoms with van der Waals surface area (Å²) in [5.74, 6) is 0.510. The van der Waals surface area contributed by atoms with E-state index in [4.69, 9.17) is 10.1 Å². The first-order valence-electron chi connectivity index (χ1n) is 12.4. The topological polar surface area (TPSA) is 127 Å². The smallest absolute Gasteiger partial charge is 0.303 e. The molecule has 1 aromatic carbocycles. The first-order chi connectivity index (χ1) is 17.1. The van der Waals surface area contributed by atoms with E-state index in [1.165, 1.54) is 12.8 Å². The van der Waals surface area contributed by atoms with Gasteiger partial charge in [0.1, 0.15) is 16.7 Å². The molecule has 184 valence electrons. The largest absolute Gasteiger partial charge is 0.481 e. The van der Waals surface area contributed by atoms with Crippen molar-refractivity contribution in [1.82, 2.24) is 20.2 Å². The Kier molecular flexibility index (Phi) is 6.78. The molecular formula is C25H31N7O3. The maximum Gasteiger partial charge on any atom is 0.303 e. The van der Waals surface area contributed by atoms with Crippen LogP contribution in [0.5, 0.6) is 0 Å². The zero-order valence-electron chi connectivity index (χ0n) is 19.7. The molecule has 5 rings (SSSR count). The Balaban J connectivity index is 1.39. The van der Waals surface area contributed by atoms with Crippen molar-refractivity contribution in [3.8, 4) is 0 Å². The van der Waals surface area contributed by atoms with Crippen LogP contribution in [0.4, 0.5) is 23.1 Å². The summed E-state index contributed by atoms with van der Waals surface area (Å²) in [6.45, 7) is 3.46. The van der Waals surface area contributed by atoms with Crippen LogP contribution in [0.25, 0.3) is 10.9 Å². The van der Waals surface area contributed by atoms with Crippen molar-refractivity contribution in [2.24, 2.45) is 5.92 Å². The molecule has 35 heavy (non-hydrogen) atoms. The van der Waals surface area contributed by atoms with E-state index < -0.39 is 5.97 Å². The minimum Gasteiger partial charge on any atom is -0.481 e. The molecule has 2 fully saturated rings. The van der Waals surface area contributed by atoms with Gasteiger partial charge in [0, 0.05) is 44.0 Å². The van der Waals surface area contributed by atoms with Gasteiger partial charge in [0.25, 0.3) is 5.56 Å². The van der Waals surface area contributed by atoms with Crippen LogP contribution in [0.15, 0.2) is 35.3 Å². The maximum absolute atomic E-state index is 12.6. The minimum absolute atomic E-state index is 0.171. The second kappa shape index (κ2) is 10.3. The van der Waals surface area contributed by atoms with E-state index in [9.17, 15) is 9.59 Å². The molecule has 1 atom stereocenters. The Morgan fingerprint density at radius 2 is 1.77 bits per heavy atom. The number of aromatic nitrogens is 4. The number of benzene rings is 1. The van der Waals surface area contributed by atoms with E-state index in [0.717, 1.165) is 63.2 Å². The number of hydrogen-bond donors (Lipinski definition) is 3. The van der Waals surface area contributed by atoms with Crippen molar-refractivity contribution in [3.63, 3.8) is 0 Å². The van der Waals surface area contributed by atoms with Crippen LogP contribution in [0.3, 0.4) is 0 Å². The van der Waals surface area contributed by atoms with E-state index in [2.05, 4.69) is 30.3 Å². The highest BCUT2D eigenvalue weighted by molar-refractivity contribution is 5.90. The van der Waals surface area contributed by atoms with Crippen molar-refractivity contribution in [1.29, 1.82) is 0 Å². The number of H-pyrrole nitrogens is 1. The Morgan fingerprint density at radius 1 is 1.03 bits per heavy atom.